The molecule has 2 aliphatic rings. The third-order valence-corrected chi connectivity index (χ3v) is 4.84. The van der Waals surface area contributed by atoms with Gasteiger partial charge in [0.05, 0.1) is 0 Å². The monoisotopic (exact) mass is 430 g/mol. The summed E-state index contributed by atoms with van der Waals surface area (Å²) >= 11 is 0. The summed E-state index contributed by atoms with van der Waals surface area (Å²) in [6, 6.07) is 7.60. The van der Waals surface area contributed by atoms with Gasteiger partial charge in [0, 0.05) is 46.6 Å². The molecule has 0 saturated carbocycles. The van der Waals surface area contributed by atoms with Crippen molar-refractivity contribution in [3.05, 3.63) is 41.0 Å². The van der Waals surface area contributed by atoms with E-state index in [1.807, 2.05) is 45.0 Å². The van der Waals surface area contributed by atoms with Crippen LogP contribution in [0.25, 0.3) is 6.08 Å². The molecule has 0 atom stereocenters. The first kappa shape index (κ1) is 22.8. The summed E-state index contributed by atoms with van der Waals surface area (Å²) in [7, 11) is 0. The van der Waals surface area contributed by atoms with Crippen LogP contribution in [0.1, 0.15) is 45.7 Å². The molecule has 0 unspecified atom stereocenters. The quantitative estimate of drug-likeness (QED) is 0.414. The molecule has 0 bridgehead atoms. The predicted octanol–water partition coefficient (Wildman–Crippen LogP) is 2.96. The molecule has 1 aromatic rings. The molecular weight excluding hydrogens is 400 g/mol. The summed E-state index contributed by atoms with van der Waals surface area (Å²) in [5, 5.41) is 0. The molecule has 31 heavy (non-hydrogen) atoms. The first-order valence-corrected chi connectivity index (χ1v) is 10.4. The van der Waals surface area contributed by atoms with Gasteiger partial charge in [-0.1, -0.05) is 24.3 Å². The van der Waals surface area contributed by atoms with Crippen LogP contribution in [0.3, 0.4) is 0 Å². The number of hydrogen-bond donors (Lipinski definition) is 0. The summed E-state index contributed by atoms with van der Waals surface area (Å²) < 4.78 is 15.7. The van der Waals surface area contributed by atoms with Gasteiger partial charge in [-0.2, -0.15) is 0 Å². The molecule has 2 saturated heterocycles. The predicted molar refractivity (Wildman–Crippen MR) is 114 cm³/mol. The standard InChI is InChI=1S/C23H30N2O6/c1-22(2,3)31-21(28)25-12-10-24(11-13-25)15-17-8-6-16(7-9-17)14-18-19(26)29-23(4,5)30-20(18)27/h6-9,14H,10-13,15H2,1-5H3. The van der Waals surface area contributed by atoms with E-state index in [2.05, 4.69) is 4.90 Å². The maximum Gasteiger partial charge on any atom is 0.410 e. The smallest absolute Gasteiger partial charge is 0.410 e. The normalized spacial score (nSPS) is 19.5. The number of cyclic esters (lactones) is 2. The van der Waals surface area contributed by atoms with Crippen molar-refractivity contribution in [2.45, 2.75) is 52.6 Å². The molecule has 2 fully saturated rings. The minimum Gasteiger partial charge on any atom is -0.444 e. The molecule has 2 aliphatic heterocycles. The number of piperazine rings is 1. The van der Waals surface area contributed by atoms with Gasteiger partial charge in [-0.3, -0.25) is 4.90 Å². The van der Waals surface area contributed by atoms with Gasteiger partial charge in [0.15, 0.2) is 0 Å². The van der Waals surface area contributed by atoms with E-state index in [1.165, 1.54) is 19.9 Å². The summed E-state index contributed by atoms with van der Waals surface area (Å²) in [6.45, 7) is 12.1. The lowest BCUT2D eigenvalue weighted by molar-refractivity contribution is -0.222. The Balaban J connectivity index is 1.54. The molecule has 3 rings (SSSR count). The van der Waals surface area contributed by atoms with Crippen LogP contribution in [0.2, 0.25) is 0 Å². The highest BCUT2D eigenvalue weighted by atomic mass is 16.7. The van der Waals surface area contributed by atoms with E-state index in [-0.39, 0.29) is 11.7 Å². The number of ether oxygens (including phenoxy) is 3. The van der Waals surface area contributed by atoms with Crippen molar-refractivity contribution in [2.24, 2.45) is 0 Å². The molecule has 1 amide bonds. The zero-order chi connectivity index (χ0) is 22.8. The topological polar surface area (TPSA) is 85.4 Å². The maximum atomic E-state index is 12.2. The molecule has 8 nitrogen and oxygen atoms in total. The van der Waals surface area contributed by atoms with Crippen molar-refractivity contribution in [1.82, 2.24) is 9.80 Å². The van der Waals surface area contributed by atoms with E-state index in [0.717, 1.165) is 25.2 Å². The van der Waals surface area contributed by atoms with Gasteiger partial charge in [-0.25, -0.2) is 14.4 Å². The highest BCUT2D eigenvalue weighted by Gasteiger charge is 2.38. The minimum atomic E-state index is -1.25. The Labute approximate surface area is 182 Å². The number of carbonyl (C=O) groups is 3. The highest BCUT2D eigenvalue weighted by Crippen LogP contribution is 2.24. The number of amides is 1. The van der Waals surface area contributed by atoms with Crippen LogP contribution in [0.4, 0.5) is 4.79 Å². The Kier molecular flexibility index (Phi) is 6.40. The number of esters is 2. The van der Waals surface area contributed by atoms with Crippen LogP contribution >= 0.6 is 0 Å². The molecule has 0 N–H and O–H groups in total. The van der Waals surface area contributed by atoms with E-state index in [4.69, 9.17) is 14.2 Å². The third kappa shape index (κ3) is 6.30. The molecule has 0 radical (unpaired) electrons. The lowest BCUT2D eigenvalue weighted by atomic mass is 10.1. The lowest BCUT2D eigenvalue weighted by Crippen LogP contribution is -2.49. The fourth-order valence-electron chi connectivity index (χ4n) is 3.34. The van der Waals surface area contributed by atoms with Crippen LogP contribution in [0.5, 0.6) is 0 Å². The molecule has 0 aromatic heterocycles. The highest BCUT2D eigenvalue weighted by molar-refractivity contribution is 6.18. The summed E-state index contributed by atoms with van der Waals surface area (Å²) in [5.74, 6) is -2.62. The van der Waals surface area contributed by atoms with Crippen LogP contribution in [-0.2, 0) is 30.3 Å². The van der Waals surface area contributed by atoms with Crippen molar-refractivity contribution in [3.8, 4) is 0 Å². The molecule has 8 heteroatoms. The number of hydrogen-bond acceptors (Lipinski definition) is 7. The van der Waals surface area contributed by atoms with Gasteiger partial charge in [0.2, 0.25) is 0 Å². The number of rotatable bonds is 3. The molecular formula is C23H30N2O6. The lowest BCUT2D eigenvalue weighted by Gasteiger charge is -2.35. The zero-order valence-corrected chi connectivity index (χ0v) is 18.8. The van der Waals surface area contributed by atoms with E-state index < -0.39 is 23.3 Å². The summed E-state index contributed by atoms with van der Waals surface area (Å²) in [5.41, 5.74) is 1.20. The Morgan fingerprint density at radius 1 is 1.03 bits per heavy atom. The second-order valence-corrected chi connectivity index (χ2v) is 9.22. The van der Waals surface area contributed by atoms with Crippen molar-refractivity contribution in [3.63, 3.8) is 0 Å². The SMILES string of the molecule is CC(C)(C)OC(=O)N1CCN(Cc2ccc(C=C3C(=O)OC(C)(C)OC3=O)cc2)CC1. The van der Waals surface area contributed by atoms with Gasteiger partial charge in [0.1, 0.15) is 11.2 Å². The van der Waals surface area contributed by atoms with E-state index in [9.17, 15) is 14.4 Å². The minimum absolute atomic E-state index is 0.120. The Hall–Kier alpha value is -2.87. The summed E-state index contributed by atoms with van der Waals surface area (Å²) in [4.78, 5) is 40.3. The first-order chi connectivity index (χ1) is 14.4. The van der Waals surface area contributed by atoms with Crippen LogP contribution in [-0.4, -0.2) is 65.4 Å². The van der Waals surface area contributed by atoms with Gasteiger partial charge in [-0.05, 0) is 38.0 Å². The van der Waals surface area contributed by atoms with Gasteiger partial charge in [-0.15, -0.1) is 0 Å². The molecule has 168 valence electrons. The first-order valence-electron chi connectivity index (χ1n) is 10.4. The van der Waals surface area contributed by atoms with E-state index >= 15 is 0 Å². The number of nitrogens with zero attached hydrogens (tertiary/aromatic N) is 2. The fraction of sp³-hybridized carbons (Fsp3) is 0.522. The average molecular weight is 431 g/mol. The Bertz CT molecular complexity index is 852. The van der Waals surface area contributed by atoms with Gasteiger partial charge in [0.25, 0.3) is 5.79 Å². The van der Waals surface area contributed by atoms with Gasteiger partial charge < -0.3 is 19.1 Å². The van der Waals surface area contributed by atoms with Crippen LogP contribution in [0, 0.1) is 0 Å². The van der Waals surface area contributed by atoms with Crippen LogP contribution < -0.4 is 0 Å². The molecule has 1 aromatic carbocycles. The second kappa shape index (κ2) is 8.70. The van der Waals surface area contributed by atoms with Crippen molar-refractivity contribution in [2.75, 3.05) is 26.2 Å². The fourth-order valence-corrected chi connectivity index (χ4v) is 3.34. The molecule has 2 heterocycles. The van der Waals surface area contributed by atoms with Crippen molar-refractivity contribution in [1.29, 1.82) is 0 Å². The Morgan fingerprint density at radius 3 is 2.10 bits per heavy atom. The van der Waals surface area contributed by atoms with Crippen molar-refractivity contribution < 1.29 is 28.6 Å². The molecule has 0 spiro atoms. The van der Waals surface area contributed by atoms with E-state index in [1.54, 1.807) is 4.90 Å². The van der Waals surface area contributed by atoms with Crippen molar-refractivity contribution >= 4 is 24.1 Å². The number of benzene rings is 1. The second-order valence-electron chi connectivity index (χ2n) is 9.22. The van der Waals surface area contributed by atoms with E-state index in [0.29, 0.717) is 18.7 Å². The molecule has 0 aliphatic carbocycles. The zero-order valence-electron chi connectivity index (χ0n) is 18.8. The number of carbonyl (C=O) groups excluding carboxylic acids is 3. The van der Waals surface area contributed by atoms with Gasteiger partial charge >= 0.3 is 18.0 Å². The van der Waals surface area contributed by atoms with Crippen LogP contribution in [0.15, 0.2) is 29.8 Å². The average Bonchev–Trinajstić information content (AvgIpc) is 2.64. The third-order valence-electron chi connectivity index (χ3n) is 4.84. The maximum absolute atomic E-state index is 12.2. The summed E-state index contributed by atoms with van der Waals surface area (Å²) in [6.07, 6.45) is 1.20. The Morgan fingerprint density at radius 2 is 1.58 bits per heavy atom. The largest absolute Gasteiger partial charge is 0.444 e.